The van der Waals surface area contributed by atoms with E-state index in [0.29, 0.717) is 35.0 Å². The van der Waals surface area contributed by atoms with Crippen molar-refractivity contribution in [3.63, 3.8) is 0 Å². The van der Waals surface area contributed by atoms with Gasteiger partial charge in [0, 0.05) is 17.0 Å². The van der Waals surface area contributed by atoms with Crippen LogP contribution in [0.3, 0.4) is 0 Å². The summed E-state index contributed by atoms with van der Waals surface area (Å²) in [6, 6.07) is 2.00. The fourth-order valence-corrected chi connectivity index (χ4v) is 5.43. The Bertz CT molecular complexity index is 710. The van der Waals surface area contributed by atoms with Crippen molar-refractivity contribution < 1.29 is 19.4 Å². The number of carbonyl (C=O) groups is 1. The van der Waals surface area contributed by atoms with Crippen molar-refractivity contribution in [1.29, 1.82) is 0 Å². The third-order valence-corrected chi connectivity index (χ3v) is 7.25. The third kappa shape index (κ3) is 1.86. The lowest BCUT2D eigenvalue weighted by atomic mass is 9.52. The van der Waals surface area contributed by atoms with Crippen LogP contribution < -0.4 is 9.47 Å². The maximum Gasteiger partial charge on any atom is 0.231 e. The van der Waals surface area contributed by atoms with Crippen LogP contribution in [0.15, 0.2) is 6.07 Å². The van der Waals surface area contributed by atoms with Gasteiger partial charge in [0.15, 0.2) is 17.3 Å². The Labute approximate surface area is 143 Å². The lowest BCUT2D eigenvalue weighted by molar-refractivity contribution is -0.0251. The van der Waals surface area contributed by atoms with E-state index in [9.17, 15) is 9.90 Å². The molecule has 3 aliphatic rings. The first-order valence-corrected chi connectivity index (χ1v) is 9.00. The van der Waals surface area contributed by atoms with Crippen molar-refractivity contribution >= 4 is 5.78 Å². The molecular formula is C20H26O4. The predicted molar refractivity (Wildman–Crippen MR) is 90.5 cm³/mol. The summed E-state index contributed by atoms with van der Waals surface area (Å²) in [5, 5.41) is 10.9. The molecule has 0 spiro atoms. The fraction of sp³-hybridized carbons (Fsp3) is 0.650. The Morgan fingerprint density at radius 3 is 2.42 bits per heavy atom. The molecule has 0 radical (unpaired) electrons. The first-order chi connectivity index (χ1) is 11.3. The van der Waals surface area contributed by atoms with Gasteiger partial charge in [0.2, 0.25) is 6.79 Å². The first kappa shape index (κ1) is 15.9. The minimum absolute atomic E-state index is 0.0222. The molecule has 0 bridgehead atoms. The third-order valence-electron chi connectivity index (χ3n) is 7.25. The van der Waals surface area contributed by atoms with Gasteiger partial charge in [-0.2, -0.15) is 0 Å². The van der Waals surface area contributed by atoms with Crippen LogP contribution in [0.5, 0.6) is 11.5 Å². The van der Waals surface area contributed by atoms with E-state index in [4.69, 9.17) is 9.47 Å². The van der Waals surface area contributed by atoms with Crippen molar-refractivity contribution in [2.24, 2.45) is 29.6 Å². The second-order valence-electron chi connectivity index (χ2n) is 8.05. The maximum atomic E-state index is 13.0. The number of rotatable bonds is 0. The number of aliphatic hydroxyl groups excluding tert-OH is 1. The Hall–Kier alpha value is -1.55. The van der Waals surface area contributed by atoms with Gasteiger partial charge in [-0.05, 0) is 48.1 Å². The molecular weight excluding hydrogens is 304 g/mol. The summed E-state index contributed by atoms with van der Waals surface area (Å²) in [6.07, 6.45) is -0.922. The number of ether oxygens (including phenoxy) is 2. The van der Waals surface area contributed by atoms with Gasteiger partial charge in [0.05, 0.1) is 0 Å². The van der Waals surface area contributed by atoms with Crippen molar-refractivity contribution in [2.45, 2.75) is 46.6 Å². The molecule has 0 saturated heterocycles. The van der Waals surface area contributed by atoms with Crippen LogP contribution in [0.4, 0.5) is 0 Å². The molecule has 24 heavy (non-hydrogen) atoms. The van der Waals surface area contributed by atoms with Gasteiger partial charge in [-0.3, -0.25) is 4.79 Å². The topological polar surface area (TPSA) is 55.8 Å². The van der Waals surface area contributed by atoms with Crippen LogP contribution in [0.2, 0.25) is 0 Å². The lowest BCUT2D eigenvalue weighted by Crippen LogP contribution is -2.51. The van der Waals surface area contributed by atoms with Crippen LogP contribution >= 0.6 is 0 Å². The van der Waals surface area contributed by atoms with E-state index in [1.807, 2.05) is 13.0 Å². The zero-order valence-corrected chi connectivity index (χ0v) is 15.0. The van der Waals surface area contributed by atoms with Gasteiger partial charge in [-0.15, -0.1) is 0 Å². The molecule has 4 nitrogen and oxygen atoms in total. The van der Waals surface area contributed by atoms with Gasteiger partial charge in [-0.25, -0.2) is 0 Å². The summed E-state index contributed by atoms with van der Waals surface area (Å²) in [5.74, 6) is 3.14. The van der Waals surface area contributed by atoms with E-state index in [2.05, 4.69) is 27.7 Å². The summed E-state index contributed by atoms with van der Waals surface area (Å²) < 4.78 is 11.1. The molecule has 1 heterocycles. The van der Waals surface area contributed by atoms with Crippen LogP contribution in [0, 0.1) is 36.5 Å². The molecule has 1 saturated carbocycles. The molecule has 1 fully saturated rings. The molecule has 7 unspecified atom stereocenters. The predicted octanol–water partition coefficient (Wildman–Crippen LogP) is 3.54. The van der Waals surface area contributed by atoms with Gasteiger partial charge in [-0.1, -0.05) is 27.7 Å². The molecule has 1 aromatic carbocycles. The number of Topliss-reactive ketones (excluding diaryl/α,β-unsaturated/α-hetero) is 1. The smallest absolute Gasteiger partial charge is 0.231 e. The number of benzene rings is 1. The lowest BCUT2D eigenvalue weighted by Gasteiger charge is -2.52. The zero-order chi connectivity index (χ0) is 17.3. The normalized spacial score (nSPS) is 40.2. The number of carbonyl (C=O) groups excluding carboxylic acids is 1. The molecule has 2 aliphatic carbocycles. The zero-order valence-electron chi connectivity index (χ0n) is 15.0. The molecule has 1 aromatic rings. The Morgan fingerprint density at radius 1 is 1.04 bits per heavy atom. The number of hydrogen-bond acceptors (Lipinski definition) is 4. The Balaban J connectivity index is 1.95. The highest BCUT2D eigenvalue weighted by Gasteiger charge is 2.53. The van der Waals surface area contributed by atoms with E-state index in [1.54, 1.807) is 0 Å². The molecule has 130 valence electrons. The highest BCUT2D eigenvalue weighted by molar-refractivity contribution is 6.04. The SMILES string of the molecule is Cc1c2c(cc3c1C(=O)C(O)C1C(C)C(C)C(C)C(C)C31)OCO2. The molecule has 4 heteroatoms. The van der Waals surface area contributed by atoms with Crippen molar-refractivity contribution in [1.82, 2.24) is 0 Å². The van der Waals surface area contributed by atoms with Crippen LogP contribution in [-0.4, -0.2) is 23.8 Å². The largest absolute Gasteiger partial charge is 0.454 e. The second kappa shape index (κ2) is 5.22. The standard InChI is InChI=1S/C20H26O4/c1-8-9(2)11(4)17-15(10(8)3)13-6-14-20(24-7-23-14)12(5)16(13)18(21)19(17)22/h6,8-11,15,17,19,22H,7H2,1-5H3. The van der Waals surface area contributed by atoms with E-state index in [-0.39, 0.29) is 24.4 Å². The maximum absolute atomic E-state index is 13.0. The molecule has 0 aromatic heterocycles. The van der Waals surface area contributed by atoms with Crippen LogP contribution in [0.25, 0.3) is 0 Å². The summed E-state index contributed by atoms with van der Waals surface area (Å²) in [4.78, 5) is 13.0. The number of hydrogen-bond donors (Lipinski definition) is 1. The van der Waals surface area contributed by atoms with Crippen LogP contribution in [0.1, 0.15) is 55.1 Å². The minimum Gasteiger partial charge on any atom is -0.454 e. The average molecular weight is 330 g/mol. The Morgan fingerprint density at radius 2 is 1.71 bits per heavy atom. The first-order valence-electron chi connectivity index (χ1n) is 9.00. The number of fused-ring (bicyclic) bond motifs is 4. The summed E-state index contributed by atoms with van der Waals surface area (Å²) in [7, 11) is 0. The summed E-state index contributed by atoms with van der Waals surface area (Å²) in [5.41, 5.74) is 2.53. The second-order valence-corrected chi connectivity index (χ2v) is 8.05. The Kier molecular flexibility index (Phi) is 3.47. The number of ketones is 1. The minimum atomic E-state index is -0.922. The van der Waals surface area contributed by atoms with Crippen LogP contribution in [-0.2, 0) is 0 Å². The van der Waals surface area contributed by atoms with Crippen molar-refractivity contribution in [3.05, 3.63) is 22.8 Å². The van der Waals surface area contributed by atoms with E-state index in [0.717, 1.165) is 16.9 Å². The van der Waals surface area contributed by atoms with Gasteiger partial charge in [0.1, 0.15) is 6.10 Å². The molecule has 4 rings (SSSR count). The molecule has 0 amide bonds. The fourth-order valence-electron chi connectivity index (χ4n) is 5.43. The van der Waals surface area contributed by atoms with Crippen molar-refractivity contribution in [3.8, 4) is 11.5 Å². The molecule has 1 N–H and O–H groups in total. The van der Waals surface area contributed by atoms with Gasteiger partial charge in [0.25, 0.3) is 0 Å². The monoisotopic (exact) mass is 330 g/mol. The highest BCUT2D eigenvalue weighted by atomic mass is 16.7. The summed E-state index contributed by atoms with van der Waals surface area (Å²) >= 11 is 0. The molecule has 7 atom stereocenters. The van der Waals surface area contributed by atoms with Gasteiger partial charge >= 0.3 is 0 Å². The van der Waals surface area contributed by atoms with E-state index >= 15 is 0 Å². The van der Waals surface area contributed by atoms with Crippen molar-refractivity contribution in [2.75, 3.05) is 6.79 Å². The summed E-state index contributed by atoms with van der Waals surface area (Å²) in [6.45, 7) is 11.1. The van der Waals surface area contributed by atoms with E-state index < -0.39 is 6.10 Å². The highest BCUT2D eigenvalue weighted by Crippen LogP contribution is 2.56. The quantitative estimate of drug-likeness (QED) is 0.790. The molecule has 1 aliphatic heterocycles. The average Bonchev–Trinajstić information content (AvgIpc) is 3.02. The van der Waals surface area contributed by atoms with E-state index in [1.165, 1.54) is 0 Å². The van der Waals surface area contributed by atoms with Gasteiger partial charge < -0.3 is 14.6 Å². The number of aliphatic hydroxyl groups is 1.